The first-order chi connectivity index (χ1) is 14.4. The van der Waals surface area contributed by atoms with E-state index < -0.39 is 29.4 Å². The number of carbonyl (C=O) groups excluding carboxylic acids is 2. The number of nitrogens with one attached hydrogen (secondary N) is 1. The fraction of sp³-hybridized carbons (Fsp3) is 0.227. The molecule has 1 heterocycles. The van der Waals surface area contributed by atoms with Crippen LogP contribution in [-0.2, 0) is 20.9 Å². The largest absolute Gasteiger partial charge is 0.478 e. The molecule has 0 bridgehead atoms. The number of halogens is 1. The molecule has 1 atom stereocenters. The van der Waals surface area contributed by atoms with E-state index in [1.54, 1.807) is 44.2 Å². The molecule has 8 heteroatoms. The highest BCUT2D eigenvalue weighted by Crippen LogP contribution is 2.24. The van der Waals surface area contributed by atoms with Crippen LogP contribution in [0.3, 0.4) is 0 Å². The first-order valence-electron chi connectivity index (χ1n) is 9.40. The lowest BCUT2D eigenvalue weighted by molar-refractivity contribution is -0.150. The molecule has 30 heavy (non-hydrogen) atoms. The number of nitrogens with zero attached hydrogens (tertiary/aromatic N) is 1. The van der Waals surface area contributed by atoms with Crippen LogP contribution in [0.15, 0.2) is 59.5 Å². The summed E-state index contributed by atoms with van der Waals surface area (Å²) in [7, 11) is 0. The molecule has 0 saturated carbocycles. The third-order valence-corrected chi connectivity index (χ3v) is 4.36. The van der Waals surface area contributed by atoms with Gasteiger partial charge in [0, 0.05) is 11.6 Å². The second-order valence-electron chi connectivity index (χ2n) is 6.51. The van der Waals surface area contributed by atoms with Gasteiger partial charge in [-0.15, -0.1) is 0 Å². The number of hydrogen-bond donors (Lipinski definition) is 1. The SMILES string of the molecule is CCOC(=O)[C@@H](C)Oc1cccc2c(=O)n(CC(=O)Nc3ccccc3F)ccc12. The van der Waals surface area contributed by atoms with Crippen molar-refractivity contribution in [2.24, 2.45) is 0 Å². The lowest BCUT2D eigenvalue weighted by Gasteiger charge is -2.15. The van der Waals surface area contributed by atoms with Gasteiger partial charge in [0.15, 0.2) is 6.10 Å². The number of aromatic nitrogens is 1. The van der Waals surface area contributed by atoms with Crippen molar-refractivity contribution in [1.82, 2.24) is 4.57 Å². The number of rotatable bonds is 7. The Labute approximate surface area is 172 Å². The van der Waals surface area contributed by atoms with Crippen LogP contribution in [-0.4, -0.2) is 29.2 Å². The number of benzene rings is 2. The fourth-order valence-electron chi connectivity index (χ4n) is 2.92. The highest BCUT2D eigenvalue weighted by molar-refractivity contribution is 5.91. The van der Waals surface area contributed by atoms with Crippen molar-refractivity contribution in [2.75, 3.05) is 11.9 Å². The van der Waals surface area contributed by atoms with Crippen molar-refractivity contribution >= 4 is 28.3 Å². The molecule has 7 nitrogen and oxygen atoms in total. The summed E-state index contributed by atoms with van der Waals surface area (Å²) < 4.78 is 25.5. The molecule has 0 radical (unpaired) electrons. The molecule has 3 aromatic rings. The Hall–Kier alpha value is -3.68. The van der Waals surface area contributed by atoms with E-state index in [1.807, 2.05) is 0 Å². The quantitative estimate of drug-likeness (QED) is 0.603. The number of amides is 1. The second-order valence-corrected chi connectivity index (χ2v) is 6.51. The second kappa shape index (κ2) is 9.21. The summed E-state index contributed by atoms with van der Waals surface area (Å²) >= 11 is 0. The van der Waals surface area contributed by atoms with Gasteiger partial charge in [-0.1, -0.05) is 18.2 Å². The Bertz CT molecular complexity index is 1140. The molecule has 0 spiro atoms. The summed E-state index contributed by atoms with van der Waals surface area (Å²) in [6, 6.07) is 12.3. The number of ether oxygens (including phenoxy) is 2. The predicted octanol–water partition coefficient (Wildman–Crippen LogP) is 3.11. The summed E-state index contributed by atoms with van der Waals surface area (Å²) in [5.41, 5.74) is -0.370. The maximum Gasteiger partial charge on any atom is 0.347 e. The molecule has 156 valence electrons. The Morgan fingerprint density at radius 1 is 1.10 bits per heavy atom. The van der Waals surface area contributed by atoms with E-state index in [2.05, 4.69) is 5.32 Å². The smallest absolute Gasteiger partial charge is 0.347 e. The van der Waals surface area contributed by atoms with Crippen molar-refractivity contribution in [1.29, 1.82) is 0 Å². The molecular weight excluding hydrogens is 391 g/mol. The normalized spacial score (nSPS) is 11.7. The topological polar surface area (TPSA) is 86.6 Å². The van der Waals surface area contributed by atoms with Gasteiger partial charge in [-0.05, 0) is 44.2 Å². The van der Waals surface area contributed by atoms with Crippen LogP contribution >= 0.6 is 0 Å². The van der Waals surface area contributed by atoms with Gasteiger partial charge in [0.25, 0.3) is 5.56 Å². The molecule has 0 saturated heterocycles. The number of para-hydroxylation sites is 1. The van der Waals surface area contributed by atoms with E-state index in [9.17, 15) is 18.8 Å². The van der Waals surface area contributed by atoms with Crippen LogP contribution in [0.4, 0.5) is 10.1 Å². The summed E-state index contributed by atoms with van der Waals surface area (Å²) in [6.45, 7) is 3.22. The molecule has 1 amide bonds. The Morgan fingerprint density at radius 2 is 1.87 bits per heavy atom. The van der Waals surface area contributed by atoms with Crippen molar-refractivity contribution in [3.63, 3.8) is 0 Å². The molecule has 0 fully saturated rings. The monoisotopic (exact) mass is 412 g/mol. The molecule has 0 aliphatic carbocycles. The highest BCUT2D eigenvalue weighted by Gasteiger charge is 2.18. The summed E-state index contributed by atoms with van der Waals surface area (Å²) in [6.07, 6.45) is 0.609. The minimum atomic E-state index is -0.843. The van der Waals surface area contributed by atoms with E-state index in [4.69, 9.17) is 9.47 Å². The zero-order valence-corrected chi connectivity index (χ0v) is 16.6. The Balaban J connectivity index is 1.82. The van der Waals surface area contributed by atoms with Gasteiger partial charge in [-0.25, -0.2) is 9.18 Å². The third-order valence-electron chi connectivity index (χ3n) is 4.36. The average molecular weight is 412 g/mol. The summed E-state index contributed by atoms with van der Waals surface area (Å²) in [5.74, 6) is -1.25. The zero-order chi connectivity index (χ0) is 21.7. The van der Waals surface area contributed by atoms with Crippen LogP contribution in [0.5, 0.6) is 5.75 Å². The molecule has 0 aliphatic rings. The van der Waals surface area contributed by atoms with Crippen molar-refractivity contribution in [2.45, 2.75) is 26.5 Å². The van der Waals surface area contributed by atoms with E-state index in [0.717, 1.165) is 0 Å². The third kappa shape index (κ3) is 4.65. The molecule has 0 aliphatic heterocycles. The maximum atomic E-state index is 13.7. The van der Waals surface area contributed by atoms with E-state index in [-0.39, 0.29) is 18.8 Å². The molecule has 1 N–H and O–H groups in total. The van der Waals surface area contributed by atoms with Crippen molar-refractivity contribution in [3.05, 3.63) is 70.9 Å². The van der Waals surface area contributed by atoms with Gasteiger partial charge < -0.3 is 19.4 Å². The van der Waals surface area contributed by atoms with E-state index >= 15 is 0 Å². The Kier molecular flexibility index (Phi) is 6.46. The van der Waals surface area contributed by atoms with Gasteiger partial charge >= 0.3 is 5.97 Å². The Morgan fingerprint density at radius 3 is 2.60 bits per heavy atom. The van der Waals surface area contributed by atoms with Crippen LogP contribution in [0, 0.1) is 5.82 Å². The molecular formula is C22H21FN2O5. The minimum Gasteiger partial charge on any atom is -0.478 e. The number of hydrogen-bond acceptors (Lipinski definition) is 5. The zero-order valence-electron chi connectivity index (χ0n) is 16.6. The number of fused-ring (bicyclic) bond motifs is 1. The van der Waals surface area contributed by atoms with Gasteiger partial charge in [-0.3, -0.25) is 9.59 Å². The van der Waals surface area contributed by atoms with Gasteiger partial charge in [0.2, 0.25) is 5.91 Å². The van der Waals surface area contributed by atoms with Crippen molar-refractivity contribution in [3.8, 4) is 5.75 Å². The predicted molar refractivity (Wildman–Crippen MR) is 110 cm³/mol. The van der Waals surface area contributed by atoms with Gasteiger partial charge in [-0.2, -0.15) is 0 Å². The van der Waals surface area contributed by atoms with Crippen molar-refractivity contribution < 1.29 is 23.5 Å². The van der Waals surface area contributed by atoms with Gasteiger partial charge in [0.05, 0.1) is 17.7 Å². The standard InChI is InChI=1S/C22H21FN2O5/c1-3-29-22(28)14(2)30-19-10-6-7-16-15(19)11-12-25(21(16)27)13-20(26)24-18-9-5-4-8-17(18)23/h4-12,14H,3,13H2,1-2H3,(H,24,26)/t14-/m1/s1. The summed E-state index contributed by atoms with van der Waals surface area (Å²) in [5, 5.41) is 3.27. The number of anilines is 1. The van der Waals surface area contributed by atoms with E-state index in [1.165, 1.54) is 29.0 Å². The lowest BCUT2D eigenvalue weighted by Crippen LogP contribution is -2.28. The fourth-order valence-corrected chi connectivity index (χ4v) is 2.92. The number of pyridine rings is 1. The molecule has 2 aromatic carbocycles. The average Bonchev–Trinajstić information content (AvgIpc) is 2.72. The number of carbonyl (C=O) groups is 2. The van der Waals surface area contributed by atoms with Gasteiger partial charge in [0.1, 0.15) is 18.1 Å². The van der Waals surface area contributed by atoms with Crippen LogP contribution < -0.4 is 15.6 Å². The lowest BCUT2D eigenvalue weighted by atomic mass is 10.1. The highest BCUT2D eigenvalue weighted by atomic mass is 19.1. The summed E-state index contributed by atoms with van der Waals surface area (Å²) in [4.78, 5) is 36.9. The van der Waals surface area contributed by atoms with Crippen LogP contribution in [0.25, 0.3) is 10.8 Å². The van der Waals surface area contributed by atoms with E-state index in [0.29, 0.717) is 16.5 Å². The van der Waals surface area contributed by atoms with Crippen LogP contribution in [0.1, 0.15) is 13.8 Å². The van der Waals surface area contributed by atoms with Crippen LogP contribution in [0.2, 0.25) is 0 Å². The minimum absolute atomic E-state index is 0.0416. The first-order valence-corrected chi connectivity index (χ1v) is 9.40. The first kappa shape index (κ1) is 21.0. The molecule has 0 unspecified atom stereocenters. The molecule has 1 aromatic heterocycles. The number of esters is 1. The maximum absolute atomic E-state index is 13.7. The molecule has 3 rings (SSSR count).